The van der Waals surface area contributed by atoms with E-state index in [2.05, 4.69) is 4.99 Å². The van der Waals surface area contributed by atoms with Crippen LogP contribution >= 0.6 is 39.9 Å². The minimum Gasteiger partial charge on any atom is -0.319 e. The fraction of sp³-hybridized carbons (Fsp3) is 0.211. The maximum absolute atomic E-state index is 12.4. The minimum atomic E-state index is -3.54. The number of nitrogens with zero attached hydrogens (tertiary/aromatic N) is 3. The Bertz CT molecular complexity index is 1150. The van der Waals surface area contributed by atoms with Gasteiger partial charge in [0.2, 0.25) is 10.0 Å². The van der Waals surface area contributed by atoms with E-state index < -0.39 is 10.0 Å². The number of sulfonamides is 1. The highest BCUT2D eigenvalue weighted by atomic mass is 79.9. The summed E-state index contributed by atoms with van der Waals surface area (Å²) in [7, 11) is 1.37. The molecule has 3 rings (SSSR count). The van der Waals surface area contributed by atoms with Crippen molar-refractivity contribution in [3.63, 3.8) is 0 Å². The van der Waals surface area contributed by atoms with E-state index in [9.17, 15) is 8.42 Å². The molecule has 0 unspecified atom stereocenters. The first-order chi connectivity index (χ1) is 12.7. The SMILES string of the molecule is Br.Cc1ccc(/N=c2/scc(-c3cc(S(=O)(=O)N(C)C)ccc3Cl)n2C)cc1. The number of aryl methyl sites for hydroxylation is 1. The topological polar surface area (TPSA) is 54.7 Å². The van der Waals surface area contributed by atoms with E-state index in [1.54, 1.807) is 12.1 Å². The second kappa shape index (κ2) is 8.92. The van der Waals surface area contributed by atoms with Crippen LogP contribution in [0, 0.1) is 6.92 Å². The molecule has 0 atom stereocenters. The Morgan fingerprint density at radius 3 is 2.36 bits per heavy atom. The number of hydrogen-bond acceptors (Lipinski definition) is 4. The fourth-order valence-corrected chi connectivity index (χ4v) is 4.58. The van der Waals surface area contributed by atoms with Gasteiger partial charge in [-0.25, -0.2) is 17.7 Å². The highest BCUT2D eigenvalue weighted by Crippen LogP contribution is 2.31. The fourth-order valence-electron chi connectivity index (χ4n) is 2.52. The van der Waals surface area contributed by atoms with Crippen LogP contribution in [0.25, 0.3) is 11.3 Å². The van der Waals surface area contributed by atoms with Gasteiger partial charge in [-0.1, -0.05) is 29.3 Å². The highest BCUT2D eigenvalue weighted by Gasteiger charge is 2.20. The molecular weight excluding hydrogens is 482 g/mol. The lowest BCUT2D eigenvalue weighted by atomic mass is 10.2. The first-order valence-corrected chi connectivity index (χ1v) is 10.9. The van der Waals surface area contributed by atoms with Gasteiger partial charge in [0, 0.05) is 37.1 Å². The molecule has 0 aliphatic rings. The minimum absolute atomic E-state index is 0. The smallest absolute Gasteiger partial charge is 0.242 e. The normalized spacial score (nSPS) is 12.3. The van der Waals surface area contributed by atoms with Crippen LogP contribution < -0.4 is 4.80 Å². The zero-order chi connectivity index (χ0) is 19.8. The third kappa shape index (κ3) is 4.58. The lowest BCUT2D eigenvalue weighted by molar-refractivity contribution is 0.521. The molecule has 5 nitrogen and oxygen atoms in total. The molecule has 0 amide bonds. The molecule has 1 heterocycles. The summed E-state index contributed by atoms with van der Waals surface area (Å²) in [4.78, 5) is 5.67. The molecule has 0 fully saturated rings. The molecule has 0 saturated heterocycles. The van der Waals surface area contributed by atoms with Gasteiger partial charge in [0.25, 0.3) is 0 Å². The molecule has 9 heteroatoms. The summed E-state index contributed by atoms with van der Waals surface area (Å²) in [5, 5.41) is 2.42. The molecule has 0 saturated carbocycles. The van der Waals surface area contributed by atoms with Gasteiger partial charge in [-0.2, -0.15) is 0 Å². The Balaban J connectivity index is 0.00000280. The first-order valence-electron chi connectivity index (χ1n) is 8.18. The maximum atomic E-state index is 12.4. The molecule has 0 aliphatic heterocycles. The average molecular weight is 503 g/mol. The summed E-state index contributed by atoms with van der Waals surface area (Å²) < 4.78 is 28.0. The van der Waals surface area contributed by atoms with Crippen molar-refractivity contribution in [2.75, 3.05) is 14.1 Å². The molecule has 0 radical (unpaired) electrons. The molecular formula is C19H21BrClN3O2S2. The Hall–Kier alpha value is -1.45. The van der Waals surface area contributed by atoms with Crippen LogP contribution in [-0.4, -0.2) is 31.4 Å². The van der Waals surface area contributed by atoms with E-state index in [1.807, 2.05) is 48.2 Å². The van der Waals surface area contributed by atoms with E-state index in [0.29, 0.717) is 10.6 Å². The van der Waals surface area contributed by atoms with Crippen LogP contribution in [0.5, 0.6) is 0 Å². The molecule has 28 heavy (non-hydrogen) atoms. The lowest BCUT2D eigenvalue weighted by Crippen LogP contribution is -2.22. The van der Waals surface area contributed by atoms with Crippen LogP contribution in [0.1, 0.15) is 5.56 Å². The first kappa shape index (κ1) is 22.8. The summed E-state index contributed by atoms with van der Waals surface area (Å²) in [5.74, 6) is 0. The average Bonchev–Trinajstić information content (AvgIpc) is 2.97. The van der Waals surface area contributed by atoms with Crippen molar-refractivity contribution < 1.29 is 8.42 Å². The van der Waals surface area contributed by atoms with Crippen LogP contribution in [0.15, 0.2) is 57.7 Å². The van der Waals surface area contributed by atoms with Gasteiger partial charge in [-0.15, -0.1) is 28.3 Å². The second-order valence-corrected chi connectivity index (χ2v) is 9.73. The molecule has 3 aromatic rings. The van der Waals surface area contributed by atoms with E-state index in [4.69, 9.17) is 11.6 Å². The molecule has 2 aromatic carbocycles. The van der Waals surface area contributed by atoms with Gasteiger partial charge in [0.05, 0.1) is 16.3 Å². The summed E-state index contributed by atoms with van der Waals surface area (Å²) in [6.07, 6.45) is 0. The van der Waals surface area contributed by atoms with Gasteiger partial charge in [0.1, 0.15) is 0 Å². The summed E-state index contributed by atoms with van der Waals surface area (Å²) in [6, 6.07) is 12.7. The van der Waals surface area contributed by atoms with Crippen LogP contribution in [0.2, 0.25) is 5.02 Å². The number of rotatable bonds is 4. The molecule has 0 aliphatic carbocycles. The number of thiazole rings is 1. The summed E-state index contributed by atoms with van der Waals surface area (Å²) >= 11 is 7.85. The predicted octanol–water partition coefficient (Wildman–Crippen LogP) is 4.78. The number of aromatic nitrogens is 1. The molecule has 0 spiro atoms. The third-order valence-electron chi connectivity index (χ3n) is 4.18. The third-order valence-corrected chi connectivity index (χ3v) is 7.23. The van der Waals surface area contributed by atoms with Gasteiger partial charge >= 0.3 is 0 Å². The number of benzene rings is 2. The van der Waals surface area contributed by atoms with Gasteiger partial charge in [0.15, 0.2) is 4.80 Å². The zero-order valence-electron chi connectivity index (χ0n) is 15.9. The van der Waals surface area contributed by atoms with E-state index in [1.165, 1.54) is 41.4 Å². The van der Waals surface area contributed by atoms with Gasteiger partial charge in [-0.05, 0) is 37.3 Å². The van der Waals surface area contributed by atoms with Crippen molar-refractivity contribution in [1.82, 2.24) is 8.87 Å². The predicted molar refractivity (Wildman–Crippen MR) is 121 cm³/mol. The Labute approximate surface area is 184 Å². The highest BCUT2D eigenvalue weighted by molar-refractivity contribution is 8.93. The van der Waals surface area contributed by atoms with Gasteiger partial charge < -0.3 is 4.57 Å². The second-order valence-electron chi connectivity index (χ2n) is 6.34. The maximum Gasteiger partial charge on any atom is 0.242 e. The van der Waals surface area contributed by atoms with E-state index in [0.717, 1.165) is 16.2 Å². The Kier molecular flexibility index (Phi) is 7.27. The lowest BCUT2D eigenvalue weighted by Gasteiger charge is -2.13. The van der Waals surface area contributed by atoms with Crippen molar-refractivity contribution in [3.05, 3.63) is 63.2 Å². The zero-order valence-corrected chi connectivity index (χ0v) is 20.0. The summed E-state index contributed by atoms with van der Waals surface area (Å²) in [5.41, 5.74) is 3.51. The van der Waals surface area contributed by atoms with E-state index >= 15 is 0 Å². The van der Waals surface area contributed by atoms with Crippen molar-refractivity contribution in [3.8, 4) is 11.3 Å². The standard InChI is InChI=1S/C19H20ClN3O2S2.BrH/c1-13-5-7-14(8-6-13)21-19-23(4)18(12-26-19)16-11-15(9-10-17(16)20)27(24,25)22(2)3;/h5-12H,1-4H3;1H/b21-19+;. The molecule has 1 aromatic heterocycles. The van der Waals surface area contributed by atoms with Crippen molar-refractivity contribution >= 4 is 55.6 Å². The Morgan fingerprint density at radius 1 is 1.11 bits per heavy atom. The van der Waals surface area contributed by atoms with Crippen LogP contribution in [0.3, 0.4) is 0 Å². The van der Waals surface area contributed by atoms with E-state index in [-0.39, 0.29) is 21.9 Å². The van der Waals surface area contributed by atoms with Crippen LogP contribution in [-0.2, 0) is 17.1 Å². The van der Waals surface area contributed by atoms with Crippen molar-refractivity contribution in [2.45, 2.75) is 11.8 Å². The number of halogens is 2. The van der Waals surface area contributed by atoms with Crippen molar-refractivity contribution in [1.29, 1.82) is 0 Å². The summed E-state index contributed by atoms with van der Waals surface area (Å²) in [6.45, 7) is 2.03. The molecule has 150 valence electrons. The Morgan fingerprint density at radius 2 is 1.75 bits per heavy atom. The molecule has 0 N–H and O–H groups in total. The number of hydrogen-bond donors (Lipinski definition) is 0. The molecule has 0 bridgehead atoms. The largest absolute Gasteiger partial charge is 0.319 e. The van der Waals surface area contributed by atoms with Crippen LogP contribution in [0.4, 0.5) is 5.69 Å². The quantitative estimate of drug-likeness (QED) is 0.516. The van der Waals surface area contributed by atoms with Crippen molar-refractivity contribution in [2.24, 2.45) is 12.0 Å². The van der Waals surface area contributed by atoms with Gasteiger partial charge in [-0.3, -0.25) is 0 Å². The monoisotopic (exact) mass is 501 g/mol.